The molecule has 16 heavy (non-hydrogen) atoms. The fourth-order valence-electron chi connectivity index (χ4n) is 2.87. The zero-order valence-corrected chi connectivity index (χ0v) is 10.2. The van der Waals surface area contributed by atoms with Gasteiger partial charge in [0.1, 0.15) is 12.6 Å². The summed E-state index contributed by atoms with van der Waals surface area (Å²) in [4.78, 5) is 0. The number of likely N-dealkylation sites (N-methyl/N-ethyl adjacent to an activating group) is 1. The molecule has 1 nitrogen and oxygen atoms in total. The van der Waals surface area contributed by atoms with Gasteiger partial charge in [-0.25, -0.2) is 0 Å². The first kappa shape index (κ1) is 11.4. The number of rotatable bonds is 3. The first-order valence-electron chi connectivity index (χ1n) is 6.25. The van der Waals surface area contributed by atoms with E-state index in [4.69, 9.17) is 0 Å². The van der Waals surface area contributed by atoms with Crippen LogP contribution in [0, 0.1) is 0 Å². The molecule has 1 heteroatoms. The lowest BCUT2D eigenvalue weighted by molar-refractivity contribution is -0.944. The molecule has 0 spiro atoms. The fourth-order valence-corrected chi connectivity index (χ4v) is 2.87. The quantitative estimate of drug-likeness (QED) is 0.537. The molecule has 1 saturated heterocycles. The van der Waals surface area contributed by atoms with E-state index in [1.54, 1.807) is 0 Å². The summed E-state index contributed by atoms with van der Waals surface area (Å²) in [5, 5.41) is 0. The Labute approximate surface area is 99.0 Å². The highest BCUT2D eigenvalue weighted by Crippen LogP contribution is 2.27. The maximum absolute atomic E-state index is 4.01. The van der Waals surface area contributed by atoms with Crippen LogP contribution < -0.4 is 0 Å². The van der Waals surface area contributed by atoms with Crippen LogP contribution in [0.15, 0.2) is 43.0 Å². The predicted molar refractivity (Wildman–Crippen MR) is 69.0 cm³/mol. The van der Waals surface area contributed by atoms with E-state index < -0.39 is 0 Å². The van der Waals surface area contributed by atoms with E-state index in [9.17, 15) is 0 Å². The molecular formula is C15H22N+. The van der Waals surface area contributed by atoms with Crippen molar-refractivity contribution in [2.75, 3.05) is 13.6 Å². The van der Waals surface area contributed by atoms with Crippen molar-refractivity contribution in [2.24, 2.45) is 0 Å². The van der Waals surface area contributed by atoms with Crippen molar-refractivity contribution in [3.63, 3.8) is 0 Å². The Bertz CT molecular complexity index is 344. The van der Waals surface area contributed by atoms with E-state index in [0.29, 0.717) is 6.04 Å². The molecule has 0 N–H and O–H groups in total. The van der Waals surface area contributed by atoms with E-state index >= 15 is 0 Å². The summed E-state index contributed by atoms with van der Waals surface area (Å²) in [6, 6.07) is 11.5. The molecule has 0 amide bonds. The van der Waals surface area contributed by atoms with Crippen LogP contribution in [0.5, 0.6) is 0 Å². The predicted octanol–water partition coefficient (Wildman–Crippen LogP) is 3.37. The van der Waals surface area contributed by atoms with Crippen LogP contribution in [0.25, 0.3) is 0 Å². The fraction of sp³-hybridized carbons (Fsp3) is 0.467. The molecular weight excluding hydrogens is 194 g/mol. The number of hydrogen-bond acceptors (Lipinski definition) is 0. The van der Waals surface area contributed by atoms with Gasteiger partial charge in [-0.05, 0) is 18.9 Å². The van der Waals surface area contributed by atoms with Gasteiger partial charge in [0.2, 0.25) is 0 Å². The van der Waals surface area contributed by atoms with Gasteiger partial charge in [0.15, 0.2) is 0 Å². The Hall–Kier alpha value is -1.08. The summed E-state index contributed by atoms with van der Waals surface area (Å²) in [6.07, 6.45) is 6.17. The van der Waals surface area contributed by atoms with E-state index in [2.05, 4.69) is 50.0 Å². The number of benzene rings is 1. The number of nitrogens with zero attached hydrogens (tertiary/aromatic N) is 1. The molecule has 0 saturated carbocycles. The van der Waals surface area contributed by atoms with Crippen molar-refractivity contribution in [3.8, 4) is 0 Å². The van der Waals surface area contributed by atoms with Crippen LogP contribution in [-0.4, -0.2) is 24.1 Å². The Balaban J connectivity index is 2.14. The van der Waals surface area contributed by atoms with Crippen LogP contribution in [-0.2, 0) is 6.54 Å². The number of quaternary nitrogens is 1. The molecule has 86 valence electrons. The molecule has 1 aliphatic heterocycles. The zero-order chi connectivity index (χ0) is 11.4. The van der Waals surface area contributed by atoms with E-state index in [-0.39, 0.29) is 0 Å². The lowest BCUT2D eigenvalue weighted by Crippen LogP contribution is -2.53. The van der Waals surface area contributed by atoms with Gasteiger partial charge < -0.3 is 4.48 Å². The molecule has 1 aromatic rings. The van der Waals surface area contributed by atoms with Gasteiger partial charge in [-0.2, -0.15) is 0 Å². The van der Waals surface area contributed by atoms with Gasteiger partial charge >= 0.3 is 0 Å². The van der Waals surface area contributed by atoms with E-state index in [1.807, 2.05) is 0 Å². The van der Waals surface area contributed by atoms with Crippen molar-refractivity contribution in [1.29, 1.82) is 0 Å². The topological polar surface area (TPSA) is 0 Å². The van der Waals surface area contributed by atoms with Gasteiger partial charge in [-0.15, -0.1) is 0 Å². The molecule has 1 aliphatic rings. The summed E-state index contributed by atoms with van der Waals surface area (Å²) in [7, 11) is 2.37. The highest BCUT2D eigenvalue weighted by molar-refractivity contribution is 5.13. The molecule has 1 aromatic carbocycles. The van der Waals surface area contributed by atoms with Crippen molar-refractivity contribution in [3.05, 3.63) is 48.6 Å². The lowest BCUT2D eigenvalue weighted by atomic mass is 9.98. The van der Waals surface area contributed by atoms with E-state index in [1.165, 1.54) is 31.4 Å². The first-order valence-corrected chi connectivity index (χ1v) is 6.25. The summed E-state index contributed by atoms with van der Waals surface area (Å²) in [5.74, 6) is 0. The van der Waals surface area contributed by atoms with Gasteiger partial charge in [-0.3, -0.25) is 0 Å². The van der Waals surface area contributed by atoms with Gasteiger partial charge in [0.25, 0.3) is 0 Å². The largest absolute Gasteiger partial charge is 0.317 e. The molecule has 1 fully saturated rings. The standard InChI is InChI=1S/C15H22N/c1-3-15-11-7-8-12-16(15,2)13-14-9-5-4-6-10-14/h3-6,9-10,15H,1,7-8,11-13H2,2H3/q+1. The van der Waals surface area contributed by atoms with Crippen LogP contribution in [0.3, 0.4) is 0 Å². The highest BCUT2D eigenvalue weighted by atomic mass is 15.4. The minimum Gasteiger partial charge on any atom is -0.317 e. The smallest absolute Gasteiger partial charge is 0.107 e. The molecule has 2 unspecified atom stereocenters. The molecule has 0 radical (unpaired) electrons. The normalized spacial score (nSPS) is 29.9. The van der Waals surface area contributed by atoms with Crippen molar-refractivity contribution in [2.45, 2.75) is 31.8 Å². The van der Waals surface area contributed by atoms with E-state index in [0.717, 1.165) is 11.0 Å². The number of likely N-dealkylation sites (tertiary alicyclic amines) is 1. The summed E-state index contributed by atoms with van der Waals surface area (Å²) >= 11 is 0. The van der Waals surface area contributed by atoms with Crippen LogP contribution in [0.4, 0.5) is 0 Å². The minimum atomic E-state index is 0.633. The van der Waals surface area contributed by atoms with Crippen molar-refractivity contribution < 1.29 is 4.48 Å². The maximum atomic E-state index is 4.01. The molecule has 2 atom stereocenters. The Morgan fingerprint density at radius 2 is 2.06 bits per heavy atom. The average Bonchev–Trinajstić information content (AvgIpc) is 2.30. The third-order valence-electron chi connectivity index (χ3n) is 3.88. The molecule has 2 rings (SSSR count). The second-order valence-corrected chi connectivity index (χ2v) is 5.15. The Kier molecular flexibility index (Phi) is 3.45. The zero-order valence-electron chi connectivity index (χ0n) is 10.2. The SMILES string of the molecule is C=CC1CCCC[N+]1(C)Cc1ccccc1. The van der Waals surface area contributed by atoms with Gasteiger partial charge in [-0.1, -0.05) is 36.9 Å². The third kappa shape index (κ3) is 2.35. The maximum Gasteiger partial charge on any atom is 0.107 e. The van der Waals surface area contributed by atoms with Gasteiger partial charge in [0.05, 0.1) is 13.6 Å². The minimum absolute atomic E-state index is 0.633. The highest BCUT2D eigenvalue weighted by Gasteiger charge is 2.33. The first-order chi connectivity index (χ1) is 7.74. The second-order valence-electron chi connectivity index (χ2n) is 5.15. The third-order valence-corrected chi connectivity index (χ3v) is 3.88. The summed E-state index contributed by atoms with van der Waals surface area (Å²) < 4.78 is 1.13. The average molecular weight is 216 g/mol. The van der Waals surface area contributed by atoms with Crippen LogP contribution in [0.2, 0.25) is 0 Å². The summed E-state index contributed by atoms with van der Waals surface area (Å²) in [6.45, 7) is 6.43. The second kappa shape index (κ2) is 4.84. The number of piperidine rings is 1. The molecule has 0 bridgehead atoms. The monoisotopic (exact) mass is 216 g/mol. The van der Waals surface area contributed by atoms with Crippen LogP contribution >= 0.6 is 0 Å². The lowest BCUT2D eigenvalue weighted by Gasteiger charge is -2.43. The summed E-state index contributed by atoms with van der Waals surface area (Å²) in [5.41, 5.74) is 1.44. The van der Waals surface area contributed by atoms with Crippen molar-refractivity contribution in [1.82, 2.24) is 0 Å². The van der Waals surface area contributed by atoms with Gasteiger partial charge in [0, 0.05) is 12.0 Å². The Morgan fingerprint density at radius 3 is 2.75 bits per heavy atom. The van der Waals surface area contributed by atoms with Crippen LogP contribution in [0.1, 0.15) is 24.8 Å². The molecule has 1 heterocycles. The Morgan fingerprint density at radius 1 is 1.31 bits per heavy atom. The molecule has 0 aromatic heterocycles. The number of hydrogen-bond donors (Lipinski definition) is 0. The molecule has 0 aliphatic carbocycles. The van der Waals surface area contributed by atoms with Crippen molar-refractivity contribution >= 4 is 0 Å².